The van der Waals surface area contributed by atoms with Gasteiger partial charge in [-0.3, -0.25) is 4.79 Å². The molecule has 0 aliphatic carbocycles. The molecule has 0 aliphatic rings. The molecule has 11 heteroatoms. The Kier molecular flexibility index (Phi) is 8.75. The second kappa shape index (κ2) is 10.6. The van der Waals surface area contributed by atoms with Crippen LogP contribution in [0.5, 0.6) is 0 Å². The molecule has 0 saturated heterocycles. The van der Waals surface area contributed by atoms with Crippen LogP contribution in [0.3, 0.4) is 0 Å². The van der Waals surface area contributed by atoms with Gasteiger partial charge in [0.25, 0.3) is 5.91 Å². The average molecular weight is 509 g/mol. The molecule has 1 aromatic heterocycles. The van der Waals surface area contributed by atoms with Crippen LogP contribution < -0.4 is 10.6 Å². The smallest absolute Gasteiger partial charge is 0.341 e. The molecule has 0 bridgehead atoms. The molecule has 1 amide bonds. The van der Waals surface area contributed by atoms with E-state index in [1.54, 1.807) is 11.8 Å². The van der Waals surface area contributed by atoms with Gasteiger partial charge in [0, 0.05) is 13.1 Å². The van der Waals surface area contributed by atoms with Crippen molar-refractivity contribution in [2.75, 3.05) is 30.8 Å². The average Bonchev–Trinajstić information content (AvgIpc) is 3.02. The Bertz CT molecular complexity index is 991. The molecule has 162 valence electrons. The first kappa shape index (κ1) is 24.7. The van der Waals surface area contributed by atoms with Crippen molar-refractivity contribution in [1.29, 1.82) is 0 Å². The van der Waals surface area contributed by atoms with Gasteiger partial charge in [-0.1, -0.05) is 34.8 Å². The number of carbonyl (C=O) groups excluding carboxylic acids is 2. The Balaban J connectivity index is 2.37. The summed E-state index contributed by atoms with van der Waals surface area (Å²) in [6.07, 6.45) is 0. The van der Waals surface area contributed by atoms with Gasteiger partial charge in [0.05, 0.1) is 38.3 Å². The minimum atomic E-state index is -0.569. The van der Waals surface area contributed by atoms with Gasteiger partial charge in [-0.15, -0.1) is 11.3 Å². The summed E-state index contributed by atoms with van der Waals surface area (Å²) < 4.78 is 4.90. The molecule has 0 atom stereocenters. The third kappa shape index (κ3) is 5.36. The van der Waals surface area contributed by atoms with E-state index >= 15 is 0 Å². The zero-order chi connectivity index (χ0) is 22.6. The highest BCUT2D eigenvalue weighted by molar-refractivity contribution is 7.80. The topological polar surface area (TPSA) is 70.7 Å². The van der Waals surface area contributed by atoms with E-state index in [0.717, 1.165) is 11.3 Å². The summed E-state index contributed by atoms with van der Waals surface area (Å²) in [5, 5.41) is 7.37. The number of thiophene rings is 1. The van der Waals surface area contributed by atoms with Gasteiger partial charge < -0.3 is 20.3 Å². The predicted molar refractivity (Wildman–Crippen MR) is 129 cm³/mol. The Morgan fingerprint density at radius 3 is 2.27 bits per heavy atom. The number of hydrogen-bond acceptors (Lipinski definition) is 5. The maximum absolute atomic E-state index is 12.9. The molecule has 2 aromatic rings. The van der Waals surface area contributed by atoms with E-state index in [9.17, 15) is 9.59 Å². The van der Waals surface area contributed by atoms with Crippen molar-refractivity contribution < 1.29 is 14.3 Å². The molecule has 0 radical (unpaired) electrons. The first-order valence-electron chi connectivity index (χ1n) is 8.87. The van der Waals surface area contributed by atoms with Crippen LogP contribution in [0.15, 0.2) is 12.1 Å². The predicted octanol–water partition coefficient (Wildman–Crippen LogP) is 6.09. The van der Waals surface area contributed by atoms with Crippen LogP contribution in [0, 0.1) is 6.92 Å². The summed E-state index contributed by atoms with van der Waals surface area (Å²) in [7, 11) is 1.28. The van der Waals surface area contributed by atoms with Gasteiger partial charge in [-0.25, -0.2) is 4.79 Å². The summed E-state index contributed by atoms with van der Waals surface area (Å²) in [5.74, 6) is -0.729. The second-order valence-electron chi connectivity index (χ2n) is 6.05. The number of nitrogens with one attached hydrogen (secondary N) is 2. The number of carbonyl (C=O) groups is 2. The third-order valence-corrected chi connectivity index (χ3v) is 6.70. The number of halogens is 3. The fraction of sp³-hybridized carbons (Fsp3) is 0.316. The van der Waals surface area contributed by atoms with E-state index in [1.165, 1.54) is 19.2 Å². The number of esters is 1. The summed E-state index contributed by atoms with van der Waals surface area (Å²) in [4.78, 5) is 27.4. The van der Waals surface area contributed by atoms with Crippen molar-refractivity contribution in [3.63, 3.8) is 0 Å². The standard InChI is InChI=1S/C19H20Cl3N3O3S2/c1-5-25(6-2)17(26)15-9(3)14(18(27)28-4)16(30-15)24-19(29)23-13-8-11(21)10(20)7-12(13)22/h7-8H,5-6H2,1-4H3,(H2,23,24,29). The molecule has 6 nitrogen and oxygen atoms in total. The van der Waals surface area contributed by atoms with Crippen LogP contribution in [0.1, 0.15) is 39.4 Å². The summed E-state index contributed by atoms with van der Waals surface area (Å²) in [6, 6.07) is 3.03. The molecule has 0 saturated carbocycles. The summed E-state index contributed by atoms with van der Waals surface area (Å²) >= 11 is 24.6. The zero-order valence-corrected chi connectivity index (χ0v) is 20.6. The lowest BCUT2D eigenvalue weighted by Gasteiger charge is -2.18. The number of anilines is 2. The van der Waals surface area contributed by atoms with Crippen LogP contribution in [-0.2, 0) is 4.74 Å². The first-order valence-corrected chi connectivity index (χ1v) is 11.2. The van der Waals surface area contributed by atoms with Crippen LogP contribution in [0.25, 0.3) is 0 Å². The fourth-order valence-electron chi connectivity index (χ4n) is 2.68. The number of methoxy groups -OCH3 is 1. The number of thiocarbonyl (C=S) groups is 1. The van der Waals surface area contributed by atoms with Crippen molar-refractivity contribution in [2.24, 2.45) is 0 Å². The van der Waals surface area contributed by atoms with Gasteiger partial charge in [0.1, 0.15) is 5.00 Å². The molecular formula is C19H20Cl3N3O3S2. The lowest BCUT2D eigenvalue weighted by molar-refractivity contribution is 0.0601. The Morgan fingerprint density at radius 2 is 1.70 bits per heavy atom. The number of amides is 1. The largest absolute Gasteiger partial charge is 0.465 e. The SMILES string of the molecule is CCN(CC)C(=O)c1sc(NC(=S)Nc2cc(Cl)c(Cl)cc2Cl)c(C(=O)OC)c1C. The molecule has 2 N–H and O–H groups in total. The van der Waals surface area contributed by atoms with Crippen LogP contribution in [0.2, 0.25) is 15.1 Å². The maximum atomic E-state index is 12.9. The molecule has 2 rings (SSSR count). The van der Waals surface area contributed by atoms with Gasteiger partial charge in [-0.2, -0.15) is 0 Å². The molecule has 1 aromatic carbocycles. The molecule has 0 spiro atoms. The Morgan fingerprint density at radius 1 is 1.10 bits per heavy atom. The Hall–Kier alpha value is -1.58. The Labute approximate surface area is 199 Å². The van der Waals surface area contributed by atoms with Gasteiger partial charge in [-0.05, 0) is 50.7 Å². The highest BCUT2D eigenvalue weighted by Crippen LogP contribution is 2.36. The molecular weight excluding hydrogens is 489 g/mol. The molecule has 0 aliphatic heterocycles. The third-order valence-electron chi connectivity index (χ3n) is 4.27. The number of ether oxygens (including phenoxy) is 1. The van der Waals surface area contributed by atoms with Gasteiger partial charge in [0.15, 0.2) is 5.11 Å². The number of rotatable bonds is 6. The summed E-state index contributed by atoms with van der Waals surface area (Å²) in [5.41, 5.74) is 1.22. The minimum Gasteiger partial charge on any atom is -0.465 e. The van der Waals surface area contributed by atoms with E-state index in [2.05, 4.69) is 10.6 Å². The second-order valence-corrected chi connectivity index (χ2v) is 8.71. The van der Waals surface area contributed by atoms with Crippen molar-refractivity contribution in [1.82, 2.24) is 4.90 Å². The van der Waals surface area contributed by atoms with E-state index in [0.29, 0.717) is 49.3 Å². The van der Waals surface area contributed by atoms with E-state index < -0.39 is 5.97 Å². The van der Waals surface area contributed by atoms with E-state index in [-0.39, 0.29) is 16.6 Å². The van der Waals surface area contributed by atoms with Crippen LogP contribution in [0.4, 0.5) is 10.7 Å². The maximum Gasteiger partial charge on any atom is 0.341 e. The monoisotopic (exact) mass is 507 g/mol. The fourth-order valence-corrected chi connectivity index (χ4v) is 4.72. The normalized spacial score (nSPS) is 10.5. The lowest BCUT2D eigenvalue weighted by atomic mass is 10.1. The lowest BCUT2D eigenvalue weighted by Crippen LogP contribution is -2.30. The van der Waals surface area contributed by atoms with Gasteiger partial charge in [0.2, 0.25) is 0 Å². The first-order chi connectivity index (χ1) is 14.1. The zero-order valence-electron chi connectivity index (χ0n) is 16.7. The number of benzene rings is 1. The van der Waals surface area contributed by atoms with Crippen molar-refractivity contribution in [3.05, 3.63) is 43.2 Å². The minimum absolute atomic E-state index is 0.156. The van der Waals surface area contributed by atoms with Gasteiger partial charge >= 0.3 is 5.97 Å². The highest BCUT2D eigenvalue weighted by atomic mass is 35.5. The van der Waals surface area contributed by atoms with E-state index in [1.807, 2.05) is 13.8 Å². The van der Waals surface area contributed by atoms with Crippen molar-refractivity contribution in [3.8, 4) is 0 Å². The summed E-state index contributed by atoms with van der Waals surface area (Å²) in [6.45, 7) is 6.60. The molecule has 0 fully saturated rings. The highest BCUT2D eigenvalue weighted by Gasteiger charge is 2.27. The van der Waals surface area contributed by atoms with Crippen LogP contribution in [-0.4, -0.2) is 42.1 Å². The quantitative estimate of drug-likeness (QED) is 0.279. The number of hydrogen-bond donors (Lipinski definition) is 2. The van der Waals surface area contributed by atoms with Crippen LogP contribution >= 0.6 is 58.4 Å². The van der Waals surface area contributed by atoms with Crippen molar-refractivity contribution in [2.45, 2.75) is 20.8 Å². The molecule has 30 heavy (non-hydrogen) atoms. The molecule has 0 unspecified atom stereocenters. The van der Waals surface area contributed by atoms with E-state index in [4.69, 9.17) is 51.8 Å². The molecule has 1 heterocycles. The number of nitrogens with zero attached hydrogens (tertiary/aromatic N) is 1. The van der Waals surface area contributed by atoms with Crippen molar-refractivity contribution >= 4 is 86.0 Å².